The molecule has 0 aliphatic carbocycles. The molecule has 43 heavy (non-hydrogen) atoms. The number of hydrogen-bond acceptors (Lipinski definition) is 3. The first-order valence-corrected chi connectivity index (χ1v) is 14.9. The van der Waals surface area contributed by atoms with Gasteiger partial charge in [-0.15, -0.1) is 0 Å². The van der Waals surface area contributed by atoms with Gasteiger partial charge in [0.05, 0.1) is 0 Å². The van der Waals surface area contributed by atoms with Crippen LogP contribution in [0.25, 0.3) is 0 Å². The van der Waals surface area contributed by atoms with Gasteiger partial charge in [0.15, 0.2) is 0 Å². The number of benzene rings is 2. The molecule has 0 aliphatic heterocycles. The Morgan fingerprint density at radius 2 is 1.00 bits per heavy atom. The summed E-state index contributed by atoms with van der Waals surface area (Å²) < 4.78 is 120. The average Bonchev–Trinajstić information content (AvgIpc) is 2.82. The third-order valence-electron chi connectivity index (χ3n) is 5.97. The van der Waals surface area contributed by atoms with E-state index in [1.54, 1.807) is 0 Å². The van der Waals surface area contributed by atoms with E-state index in [2.05, 4.69) is 94.5 Å². The van der Waals surface area contributed by atoms with Crippen molar-refractivity contribution in [2.75, 3.05) is 0 Å². The second-order valence-electron chi connectivity index (χ2n) is 11.0. The van der Waals surface area contributed by atoms with Crippen molar-refractivity contribution in [2.45, 2.75) is 103 Å². The summed E-state index contributed by atoms with van der Waals surface area (Å²) in [5.74, 6) is -3.04. The molecule has 1 unspecified atom stereocenters. The van der Waals surface area contributed by atoms with Crippen molar-refractivity contribution in [1.82, 2.24) is 0 Å². The second-order valence-corrected chi connectivity index (χ2v) is 12.6. The Labute approximate surface area is 253 Å². The summed E-state index contributed by atoms with van der Waals surface area (Å²) in [6.07, 6.45) is -16.6. The maximum Gasteiger partial charge on any atom is 0.447 e. The maximum absolute atomic E-state index is 11.4. The van der Waals surface area contributed by atoms with Crippen LogP contribution in [0.3, 0.4) is 0 Å². The molecule has 0 bridgehead atoms. The van der Waals surface area contributed by atoms with Crippen LogP contribution < -0.4 is 0 Å². The van der Waals surface area contributed by atoms with Gasteiger partial charge in [0.2, 0.25) is 0 Å². The predicted octanol–water partition coefficient (Wildman–Crippen LogP) is 9.70. The Bertz CT molecular complexity index is 1150. The SMILES string of the molecule is CC(C)c1cccc(C(C)C)c1[N]=[Mo]=[CH]C(C)(C)c1ccccc1.CC(O)(C(F)(F)F)C(F)(F)F.CC(O)(F)C(F)(F)F. The molecule has 246 valence electrons. The molecule has 0 spiro atoms. The van der Waals surface area contributed by atoms with Gasteiger partial charge >= 0.3 is 180 Å². The molecule has 0 aromatic heterocycles. The van der Waals surface area contributed by atoms with Crippen molar-refractivity contribution in [3.05, 3.63) is 65.2 Å². The monoisotopic (exact) mass is 719 g/mol. The standard InChI is InChI=1S/C12H17N.C10H12.C4H4F6O.C3H4F4O.Mo/c1-8(2)10-6-5-7-11(9(3)4)12(10)13;1-10(2,3)9-7-5-4-6-8-9;1-2(11,3(5,6)7)4(8,9)10;1-2(4,8)3(5,6)7;/h5-9H,1-4H3;1,4-8H,2-3H3;11H,1H3;8H,1H3;. The quantitative estimate of drug-likeness (QED) is 0.239. The molecule has 14 heteroatoms. The van der Waals surface area contributed by atoms with Crippen LogP contribution in [0.1, 0.15) is 83.9 Å². The summed E-state index contributed by atoms with van der Waals surface area (Å²) in [4.78, 5) is 0. The molecule has 2 N–H and O–H groups in total. The van der Waals surface area contributed by atoms with E-state index in [1.807, 2.05) is 0 Å². The van der Waals surface area contributed by atoms with Gasteiger partial charge in [0.25, 0.3) is 5.60 Å². The molecule has 2 rings (SSSR count). The number of hydrogen-bond donors (Lipinski definition) is 2. The first kappa shape index (κ1) is 41.0. The van der Waals surface area contributed by atoms with E-state index in [9.17, 15) is 43.9 Å². The number of aliphatic hydroxyl groups is 2. The first-order valence-electron chi connectivity index (χ1n) is 12.8. The minimum atomic E-state index is -5.69. The molecular formula is C29H37F10MoNO2. The number of rotatable bonds is 5. The van der Waals surface area contributed by atoms with E-state index in [4.69, 9.17) is 13.7 Å². The summed E-state index contributed by atoms with van der Waals surface area (Å²) in [6, 6.07) is 17.4. The summed E-state index contributed by atoms with van der Waals surface area (Å²) in [5.41, 5.74) is 0.851. The number of halogens is 10. The molecule has 2 aromatic carbocycles. The van der Waals surface area contributed by atoms with Gasteiger partial charge in [0.1, 0.15) is 0 Å². The molecule has 0 amide bonds. The second kappa shape index (κ2) is 15.3. The molecule has 0 fully saturated rings. The Balaban J connectivity index is 0.000000768. The molecular weight excluding hydrogens is 680 g/mol. The van der Waals surface area contributed by atoms with Gasteiger partial charge in [-0.2, -0.15) is 39.5 Å². The van der Waals surface area contributed by atoms with Crippen LogP contribution in [0.15, 0.2) is 52.0 Å². The molecule has 2 aromatic rings. The smallest absolute Gasteiger partial charge is 0.374 e. The van der Waals surface area contributed by atoms with Gasteiger partial charge in [-0.25, -0.2) is 4.39 Å². The minimum absolute atomic E-state index is 0.0347. The van der Waals surface area contributed by atoms with Gasteiger partial charge in [-0.3, -0.25) is 0 Å². The van der Waals surface area contributed by atoms with Crippen molar-refractivity contribution < 1.29 is 72.0 Å². The number of nitrogens with zero attached hydrogens (tertiary/aromatic N) is 1. The van der Waals surface area contributed by atoms with Crippen LogP contribution >= 0.6 is 0 Å². The van der Waals surface area contributed by atoms with Gasteiger partial charge in [0, 0.05) is 6.92 Å². The predicted molar refractivity (Wildman–Crippen MR) is 143 cm³/mol. The van der Waals surface area contributed by atoms with Gasteiger partial charge in [-0.1, -0.05) is 0 Å². The van der Waals surface area contributed by atoms with Crippen LogP contribution in [0.5, 0.6) is 0 Å². The van der Waals surface area contributed by atoms with Crippen molar-refractivity contribution >= 4 is 10.1 Å². The number of alkyl halides is 10. The molecule has 1 atom stereocenters. The van der Waals surface area contributed by atoms with Crippen molar-refractivity contribution in [3.8, 4) is 0 Å². The fourth-order valence-electron chi connectivity index (χ4n) is 2.92. The third kappa shape index (κ3) is 12.5. The summed E-state index contributed by atoms with van der Waals surface area (Å²) in [6.45, 7) is 13.3. The average molecular weight is 718 g/mol. The zero-order chi connectivity index (χ0) is 34.2. The van der Waals surface area contributed by atoms with Crippen LogP contribution in [-0.4, -0.2) is 44.6 Å². The van der Waals surface area contributed by atoms with E-state index < -0.39 is 47.9 Å². The third-order valence-corrected chi connectivity index (χ3v) is 8.39. The van der Waals surface area contributed by atoms with Crippen LogP contribution in [-0.2, 0) is 23.3 Å². The Morgan fingerprint density at radius 1 is 0.628 bits per heavy atom. The summed E-state index contributed by atoms with van der Waals surface area (Å²) in [5, 5.41) is 15.5. The molecule has 0 aliphatic rings. The first-order chi connectivity index (χ1) is 19.1. The molecule has 3 nitrogen and oxygen atoms in total. The fourth-order valence-corrected chi connectivity index (χ4v) is 4.81. The van der Waals surface area contributed by atoms with Crippen LogP contribution in [0.4, 0.5) is 49.6 Å². The minimum Gasteiger partial charge on any atom is -0.374 e. The molecule has 0 saturated carbocycles. The Morgan fingerprint density at radius 3 is 1.28 bits per heavy atom. The topological polar surface area (TPSA) is 52.8 Å². The summed E-state index contributed by atoms with van der Waals surface area (Å²) >= 11 is -0.553. The normalized spacial score (nSPS) is 14.2. The van der Waals surface area contributed by atoms with Crippen molar-refractivity contribution in [3.63, 3.8) is 0 Å². The van der Waals surface area contributed by atoms with E-state index in [0.29, 0.717) is 11.8 Å². The molecule has 0 heterocycles. The van der Waals surface area contributed by atoms with E-state index in [1.165, 1.54) is 22.4 Å². The maximum atomic E-state index is 11.4. The fraction of sp³-hybridized carbons (Fsp3) is 0.552. The van der Waals surface area contributed by atoms with Gasteiger partial charge in [-0.05, 0) is 6.92 Å². The molecule has 0 saturated heterocycles. The summed E-state index contributed by atoms with van der Waals surface area (Å²) in [7, 11) is 0. The van der Waals surface area contributed by atoms with Crippen molar-refractivity contribution in [2.24, 2.45) is 3.50 Å². The van der Waals surface area contributed by atoms with Crippen LogP contribution in [0, 0.1) is 0 Å². The van der Waals surface area contributed by atoms with Crippen LogP contribution in [0.2, 0.25) is 0 Å². The largest absolute Gasteiger partial charge is 0.447 e. The van der Waals surface area contributed by atoms with Crippen molar-refractivity contribution in [1.29, 1.82) is 0 Å². The Kier molecular flexibility index (Phi) is 14.6. The zero-order valence-electron chi connectivity index (χ0n) is 24.9. The van der Waals surface area contributed by atoms with E-state index in [-0.39, 0.29) is 19.3 Å². The van der Waals surface area contributed by atoms with Gasteiger partial charge < -0.3 is 10.2 Å². The van der Waals surface area contributed by atoms with E-state index in [0.717, 1.165) is 0 Å². The van der Waals surface area contributed by atoms with E-state index >= 15 is 0 Å². The zero-order valence-corrected chi connectivity index (χ0v) is 26.9. The Hall–Kier alpha value is -1.98. The molecule has 0 radical (unpaired) electrons.